The van der Waals surface area contributed by atoms with Crippen LogP contribution in [0.15, 0.2) is 22.7 Å². The van der Waals surface area contributed by atoms with Crippen LogP contribution >= 0.6 is 15.9 Å². The second-order valence-electron chi connectivity index (χ2n) is 3.81. The standard InChI is InChI=1S/C12H12BrFN4/c1-2-3-10-16-11(18-12(15)17-10)8-6-7(14)4-5-9(8)13/h4-6H,2-3H2,1H3,(H2,15,16,17,18). The molecule has 94 valence electrons. The number of rotatable bonds is 3. The first kappa shape index (κ1) is 12.9. The van der Waals surface area contributed by atoms with E-state index in [1.54, 1.807) is 6.07 Å². The highest BCUT2D eigenvalue weighted by molar-refractivity contribution is 9.10. The molecular weight excluding hydrogens is 299 g/mol. The number of nitrogens with zero attached hydrogens (tertiary/aromatic N) is 3. The van der Waals surface area contributed by atoms with Crippen molar-refractivity contribution >= 4 is 21.9 Å². The fourth-order valence-electron chi connectivity index (χ4n) is 1.56. The maximum Gasteiger partial charge on any atom is 0.223 e. The molecule has 0 spiro atoms. The van der Waals surface area contributed by atoms with E-state index in [2.05, 4.69) is 30.9 Å². The van der Waals surface area contributed by atoms with Gasteiger partial charge in [0.1, 0.15) is 11.6 Å². The fraction of sp³-hybridized carbons (Fsp3) is 0.250. The van der Waals surface area contributed by atoms with E-state index < -0.39 is 0 Å². The third kappa shape index (κ3) is 2.81. The van der Waals surface area contributed by atoms with Crippen LogP contribution in [0.25, 0.3) is 11.4 Å². The Kier molecular flexibility index (Phi) is 3.86. The van der Waals surface area contributed by atoms with Crippen molar-refractivity contribution < 1.29 is 4.39 Å². The van der Waals surface area contributed by atoms with Crippen molar-refractivity contribution in [2.75, 3.05) is 5.73 Å². The van der Waals surface area contributed by atoms with Crippen LogP contribution in [0.3, 0.4) is 0 Å². The highest BCUT2D eigenvalue weighted by atomic mass is 79.9. The van der Waals surface area contributed by atoms with Gasteiger partial charge in [0.25, 0.3) is 0 Å². The molecule has 1 aromatic heterocycles. The van der Waals surface area contributed by atoms with E-state index in [-0.39, 0.29) is 11.8 Å². The molecule has 4 nitrogen and oxygen atoms in total. The molecule has 0 amide bonds. The Morgan fingerprint density at radius 1 is 1.28 bits per heavy atom. The maximum atomic E-state index is 13.3. The van der Waals surface area contributed by atoms with Crippen LogP contribution < -0.4 is 5.73 Å². The van der Waals surface area contributed by atoms with E-state index in [0.717, 1.165) is 10.9 Å². The molecule has 0 fully saturated rings. The zero-order valence-electron chi connectivity index (χ0n) is 9.82. The Bertz CT molecular complexity index is 574. The number of benzene rings is 1. The number of hydrogen-bond acceptors (Lipinski definition) is 4. The minimum atomic E-state index is -0.343. The molecule has 0 saturated carbocycles. The first-order valence-corrected chi connectivity index (χ1v) is 6.35. The molecule has 0 saturated heterocycles. The third-order valence-electron chi connectivity index (χ3n) is 2.34. The van der Waals surface area contributed by atoms with Gasteiger partial charge in [0.05, 0.1) is 0 Å². The van der Waals surface area contributed by atoms with E-state index in [9.17, 15) is 4.39 Å². The van der Waals surface area contributed by atoms with E-state index in [1.165, 1.54) is 12.1 Å². The first-order chi connectivity index (χ1) is 8.60. The fourth-order valence-corrected chi connectivity index (χ4v) is 1.99. The van der Waals surface area contributed by atoms with E-state index in [4.69, 9.17) is 5.73 Å². The van der Waals surface area contributed by atoms with Gasteiger partial charge in [-0.3, -0.25) is 0 Å². The summed E-state index contributed by atoms with van der Waals surface area (Å²) in [6, 6.07) is 4.35. The summed E-state index contributed by atoms with van der Waals surface area (Å²) in [4.78, 5) is 12.4. The summed E-state index contributed by atoms with van der Waals surface area (Å²) >= 11 is 3.35. The molecule has 18 heavy (non-hydrogen) atoms. The van der Waals surface area contributed by atoms with Crippen LogP contribution in [0.1, 0.15) is 19.2 Å². The van der Waals surface area contributed by atoms with Gasteiger partial charge < -0.3 is 5.73 Å². The van der Waals surface area contributed by atoms with Crippen molar-refractivity contribution in [2.45, 2.75) is 19.8 Å². The molecule has 0 bridgehead atoms. The van der Waals surface area contributed by atoms with Gasteiger partial charge in [-0.1, -0.05) is 22.9 Å². The molecular formula is C12H12BrFN4. The predicted molar refractivity (Wildman–Crippen MR) is 71.3 cm³/mol. The van der Waals surface area contributed by atoms with E-state index >= 15 is 0 Å². The molecule has 0 aliphatic heterocycles. The van der Waals surface area contributed by atoms with Gasteiger partial charge in [-0.25, -0.2) is 9.37 Å². The number of nitrogen functional groups attached to an aromatic ring is 1. The molecule has 0 atom stereocenters. The van der Waals surface area contributed by atoms with Crippen LogP contribution in [0.5, 0.6) is 0 Å². The average Bonchev–Trinajstić information content (AvgIpc) is 2.32. The topological polar surface area (TPSA) is 64.7 Å². The summed E-state index contributed by atoms with van der Waals surface area (Å²) in [7, 11) is 0. The normalized spacial score (nSPS) is 10.6. The lowest BCUT2D eigenvalue weighted by atomic mass is 10.2. The van der Waals surface area contributed by atoms with Crippen LogP contribution in [-0.2, 0) is 6.42 Å². The SMILES string of the molecule is CCCc1nc(N)nc(-c2cc(F)ccc2Br)n1. The highest BCUT2D eigenvalue weighted by Gasteiger charge is 2.10. The molecule has 2 N–H and O–H groups in total. The number of aromatic nitrogens is 3. The molecule has 2 rings (SSSR count). The Morgan fingerprint density at radius 2 is 2.06 bits per heavy atom. The number of hydrogen-bond donors (Lipinski definition) is 1. The van der Waals surface area contributed by atoms with Gasteiger partial charge in [-0.2, -0.15) is 9.97 Å². The van der Waals surface area contributed by atoms with Gasteiger partial charge in [0.2, 0.25) is 5.95 Å². The maximum absolute atomic E-state index is 13.3. The summed E-state index contributed by atoms with van der Waals surface area (Å²) in [6.45, 7) is 2.03. The molecule has 0 aliphatic rings. The van der Waals surface area contributed by atoms with Crippen LogP contribution in [-0.4, -0.2) is 15.0 Å². The van der Waals surface area contributed by atoms with Crippen molar-refractivity contribution in [2.24, 2.45) is 0 Å². The van der Waals surface area contributed by atoms with Gasteiger partial charge in [-0.15, -0.1) is 0 Å². The molecule has 0 radical (unpaired) electrons. The van der Waals surface area contributed by atoms with Gasteiger partial charge in [0.15, 0.2) is 5.82 Å². The molecule has 1 aromatic carbocycles. The second kappa shape index (κ2) is 5.39. The van der Waals surface area contributed by atoms with Gasteiger partial charge in [-0.05, 0) is 24.6 Å². The number of aryl methyl sites for hydroxylation is 1. The Balaban J connectivity index is 2.52. The molecule has 2 aromatic rings. The Morgan fingerprint density at radius 3 is 2.78 bits per heavy atom. The second-order valence-corrected chi connectivity index (χ2v) is 4.66. The smallest absolute Gasteiger partial charge is 0.223 e. The van der Waals surface area contributed by atoms with Gasteiger partial charge >= 0.3 is 0 Å². The van der Waals surface area contributed by atoms with Crippen molar-refractivity contribution in [3.8, 4) is 11.4 Å². The zero-order valence-corrected chi connectivity index (χ0v) is 11.4. The van der Waals surface area contributed by atoms with Crippen molar-refractivity contribution in [1.82, 2.24) is 15.0 Å². The predicted octanol–water partition coefficient (Wildman–Crippen LogP) is 2.97. The van der Waals surface area contributed by atoms with Crippen LogP contribution in [0.4, 0.5) is 10.3 Å². The Labute approximate surface area is 113 Å². The summed E-state index contributed by atoms with van der Waals surface area (Å²) in [5.74, 6) is 0.817. The summed E-state index contributed by atoms with van der Waals surface area (Å²) in [6.07, 6.45) is 1.62. The first-order valence-electron chi connectivity index (χ1n) is 5.56. The quantitative estimate of drug-likeness (QED) is 0.946. The van der Waals surface area contributed by atoms with Gasteiger partial charge in [0, 0.05) is 16.5 Å². The minimum absolute atomic E-state index is 0.152. The van der Waals surface area contributed by atoms with Crippen molar-refractivity contribution in [1.29, 1.82) is 0 Å². The summed E-state index contributed by atoms with van der Waals surface area (Å²) in [5.41, 5.74) is 6.21. The third-order valence-corrected chi connectivity index (χ3v) is 3.03. The molecule has 0 unspecified atom stereocenters. The monoisotopic (exact) mass is 310 g/mol. The Hall–Kier alpha value is -1.56. The number of anilines is 1. The van der Waals surface area contributed by atoms with Crippen LogP contribution in [0.2, 0.25) is 0 Å². The van der Waals surface area contributed by atoms with Crippen molar-refractivity contribution in [3.63, 3.8) is 0 Å². The van der Waals surface area contributed by atoms with E-state index in [0.29, 0.717) is 23.6 Å². The molecule has 6 heteroatoms. The number of halogens is 2. The number of nitrogens with two attached hydrogens (primary N) is 1. The summed E-state index contributed by atoms with van der Waals surface area (Å²) < 4.78 is 14.0. The van der Waals surface area contributed by atoms with E-state index in [1.807, 2.05) is 6.92 Å². The lowest BCUT2D eigenvalue weighted by Gasteiger charge is -2.06. The largest absolute Gasteiger partial charge is 0.368 e. The zero-order chi connectivity index (χ0) is 13.1. The lowest BCUT2D eigenvalue weighted by molar-refractivity contribution is 0.628. The summed E-state index contributed by atoms with van der Waals surface area (Å²) in [5, 5.41) is 0. The lowest BCUT2D eigenvalue weighted by Crippen LogP contribution is -2.05. The molecule has 0 aliphatic carbocycles. The van der Waals surface area contributed by atoms with Crippen LogP contribution in [0, 0.1) is 5.82 Å². The highest BCUT2D eigenvalue weighted by Crippen LogP contribution is 2.26. The van der Waals surface area contributed by atoms with Crippen molar-refractivity contribution in [3.05, 3.63) is 34.3 Å². The average molecular weight is 311 g/mol. The minimum Gasteiger partial charge on any atom is -0.368 e. The molecule has 1 heterocycles.